The van der Waals surface area contributed by atoms with Crippen LogP contribution < -0.4 is 10.6 Å². The molecule has 0 aromatic heterocycles. The number of nitrogens with zero attached hydrogens (tertiary/aromatic N) is 2. The van der Waals surface area contributed by atoms with Gasteiger partial charge in [0.2, 0.25) is 0 Å². The number of rotatable bonds is 5. The normalized spacial score (nSPS) is 16.8. The van der Waals surface area contributed by atoms with Crippen molar-refractivity contribution in [2.75, 3.05) is 33.4 Å². The van der Waals surface area contributed by atoms with Gasteiger partial charge < -0.3 is 15.4 Å². The summed E-state index contributed by atoms with van der Waals surface area (Å²) in [6.07, 6.45) is 0. The molecule has 0 saturated carbocycles. The summed E-state index contributed by atoms with van der Waals surface area (Å²) in [5.41, 5.74) is 2.62. The quantitative estimate of drug-likeness (QED) is 0.641. The zero-order chi connectivity index (χ0) is 15.8. The first-order valence-corrected chi connectivity index (χ1v) is 8.02. The second-order valence-corrected chi connectivity index (χ2v) is 5.93. The summed E-state index contributed by atoms with van der Waals surface area (Å²) in [6.45, 7) is 9.76. The SMILES string of the molecule is CN=C(NCc1ccc(CN2CCOCC2)cc1)NC(C)C. The Bertz CT molecular complexity index is 464. The second-order valence-electron chi connectivity index (χ2n) is 5.93. The number of morpholine rings is 1. The van der Waals surface area contributed by atoms with Crippen LogP contribution in [-0.4, -0.2) is 50.3 Å². The van der Waals surface area contributed by atoms with E-state index in [-0.39, 0.29) is 0 Å². The molecule has 5 heteroatoms. The molecule has 0 amide bonds. The van der Waals surface area contributed by atoms with Crippen molar-refractivity contribution < 1.29 is 4.74 Å². The van der Waals surface area contributed by atoms with Crippen LogP contribution in [0.25, 0.3) is 0 Å². The topological polar surface area (TPSA) is 48.9 Å². The average Bonchev–Trinajstić information content (AvgIpc) is 2.53. The minimum atomic E-state index is 0.377. The maximum Gasteiger partial charge on any atom is 0.191 e. The molecule has 5 nitrogen and oxygen atoms in total. The molecule has 0 bridgehead atoms. The number of nitrogens with one attached hydrogen (secondary N) is 2. The van der Waals surface area contributed by atoms with Crippen molar-refractivity contribution in [1.82, 2.24) is 15.5 Å². The Morgan fingerprint density at radius 2 is 1.82 bits per heavy atom. The summed E-state index contributed by atoms with van der Waals surface area (Å²) >= 11 is 0. The van der Waals surface area contributed by atoms with Crippen LogP contribution in [0.15, 0.2) is 29.3 Å². The zero-order valence-corrected chi connectivity index (χ0v) is 13.9. The lowest BCUT2D eigenvalue weighted by molar-refractivity contribution is 0.0342. The number of hydrogen-bond donors (Lipinski definition) is 2. The highest BCUT2D eigenvalue weighted by Crippen LogP contribution is 2.09. The fraction of sp³-hybridized carbons (Fsp3) is 0.588. The van der Waals surface area contributed by atoms with Gasteiger partial charge in [0, 0.05) is 39.3 Å². The maximum absolute atomic E-state index is 5.38. The standard InChI is InChI=1S/C17H28N4O/c1-14(2)20-17(18-3)19-12-15-4-6-16(7-5-15)13-21-8-10-22-11-9-21/h4-7,14H,8-13H2,1-3H3,(H2,18,19,20). The van der Waals surface area contributed by atoms with Gasteiger partial charge in [-0.25, -0.2) is 0 Å². The Hall–Kier alpha value is -1.59. The van der Waals surface area contributed by atoms with E-state index in [0.717, 1.165) is 45.4 Å². The summed E-state index contributed by atoms with van der Waals surface area (Å²) in [6, 6.07) is 9.18. The van der Waals surface area contributed by atoms with Gasteiger partial charge in [0.15, 0.2) is 5.96 Å². The van der Waals surface area contributed by atoms with Gasteiger partial charge in [-0.2, -0.15) is 0 Å². The third-order valence-electron chi connectivity index (χ3n) is 3.64. The highest BCUT2D eigenvalue weighted by Gasteiger charge is 2.10. The second kappa shape index (κ2) is 8.76. The zero-order valence-electron chi connectivity index (χ0n) is 13.9. The van der Waals surface area contributed by atoms with E-state index in [1.54, 1.807) is 7.05 Å². The van der Waals surface area contributed by atoms with Gasteiger partial charge in [-0.05, 0) is 25.0 Å². The van der Waals surface area contributed by atoms with Gasteiger partial charge in [0.1, 0.15) is 0 Å². The summed E-state index contributed by atoms with van der Waals surface area (Å²) in [5, 5.41) is 6.62. The molecule has 2 N–H and O–H groups in total. The molecule has 122 valence electrons. The molecule has 1 aromatic rings. The van der Waals surface area contributed by atoms with Crippen LogP contribution in [0.5, 0.6) is 0 Å². The highest BCUT2D eigenvalue weighted by atomic mass is 16.5. The molecule has 0 radical (unpaired) electrons. The number of guanidine groups is 1. The Morgan fingerprint density at radius 3 is 2.41 bits per heavy atom. The van der Waals surface area contributed by atoms with Crippen LogP contribution in [0.1, 0.15) is 25.0 Å². The molecular weight excluding hydrogens is 276 g/mol. The molecule has 1 aliphatic rings. The molecule has 0 aliphatic carbocycles. The van der Waals surface area contributed by atoms with E-state index >= 15 is 0 Å². The number of hydrogen-bond acceptors (Lipinski definition) is 3. The summed E-state index contributed by atoms with van der Waals surface area (Å²) in [5.74, 6) is 0.840. The van der Waals surface area contributed by atoms with Crippen molar-refractivity contribution in [3.8, 4) is 0 Å². The monoisotopic (exact) mass is 304 g/mol. The third-order valence-corrected chi connectivity index (χ3v) is 3.64. The Morgan fingerprint density at radius 1 is 1.18 bits per heavy atom. The van der Waals surface area contributed by atoms with E-state index in [1.807, 2.05) is 0 Å². The van der Waals surface area contributed by atoms with Gasteiger partial charge in [0.05, 0.1) is 13.2 Å². The van der Waals surface area contributed by atoms with E-state index in [0.29, 0.717) is 6.04 Å². The maximum atomic E-state index is 5.38. The Labute approximate surface area is 133 Å². The van der Waals surface area contributed by atoms with Crippen molar-refractivity contribution in [2.45, 2.75) is 33.0 Å². The third kappa shape index (κ3) is 5.66. The summed E-state index contributed by atoms with van der Waals surface area (Å²) < 4.78 is 5.38. The van der Waals surface area contributed by atoms with E-state index in [4.69, 9.17) is 4.74 Å². The smallest absolute Gasteiger partial charge is 0.191 e. The van der Waals surface area contributed by atoms with Crippen LogP contribution in [0.4, 0.5) is 0 Å². The predicted octanol–water partition coefficient (Wildman–Crippen LogP) is 1.59. The number of benzene rings is 1. The minimum Gasteiger partial charge on any atom is -0.379 e. The molecule has 1 aliphatic heterocycles. The first kappa shape index (κ1) is 16.8. The predicted molar refractivity (Wildman–Crippen MR) is 91.0 cm³/mol. The highest BCUT2D eigenvalue weighted by molar-refractivity contribution is 5.79. The fourth-order valence-electron chi connectivity index (χ4n) is 2.43. The van der Waals surface area contributed by atoms with Crippen molar-refractivity contribution >= 4 is 5.96 Å². The Kier molecular flexibility index (Phi) is 6.68. The lowest BCUT2D eigenvalue weighted by Gasteiger charge is -2.26. The largest absolute Gasteiger partial charge is 0.379 e. The summed E-state index contributed by atoms with van der Waals surface area (Å²) in [4.78, 5) is 6.65. The average molecular weight is 304 g/mol. The first-order valence-electron chi connectivity index (χ1n) is 8.02. The van der Waals surface area contributed by atoms with Crippen LogP contribution in [0, 0.1) is 0 Å². The van der Waals surface area contributed by atoms with Crippen molar-refractivity contribution in [1.29, 1.82) is 0 Å². The van der Waals surface area contributed by atoms with Crippen LogP contribution in [0.3, 0.4) is 0 Å². The molecule has 22 heavy (non-hydrogen) atoms. The molecule has 1 saturated heterocycles. The van der Waals surface area contributed by atoms with Crippen molar-refractivity contribution in [3.05, 3.63) is 35.4 Å². The van der Waals surface area contributed by atoms with Crippen LogP contribution in [-0.2, 0) is 17.8 Å². The summed E-state index contributed by atoms with van der Waals surface area (Å²) in [7, 11) is 1.79. The van der Waals surface area contributed by atoms with Gasteiger partial charge >= 0.3 is 0 Å². The molecule has 1 heterocycles. The van der Waals surface area contributed by atoms with Crippen LogP contribution >= 0.6 is 0 Å². The molecule has 0 spiro atoms. The van der Waals surface area contributed by atoms with Gasteiger partial charge in [-0.15, -0.1) is 0 Å². The van der Waals surface area contributed by atoms with Gasteiger partial charge in [-0.1, -0.05) is 24.3 Å². The molecule has 0 atom stereocenters. The molecule has 1 aromatic carbocycles. The number of ether oxygens (including phenoxy) is 1. The van der Waals surface area contributed by atoms with E-state index in [2.05, 4.69) is 58.6 Å². The van der Waals surface area contributed by atoms with Crippen molar-refractivity contribution in [2.24, 2.45) is 4.99 Å². The van der Waals surface area contributed by atoms with Crippen LogP contribution in [0.2, 0.25) is 0 Å². The van der Waals surface area contributed by atoms with E-state index in [9.17, 15) is 0 Å². The molecule has 0 unspecified atom stereocenters. The van der Waals surface area contributed by atoms with E-state index < -0.39 is 0 Å². The number of aliphatic imine (C=N–C) groups is 1. The van der Waals surface area contributed by atoms with E-state index in [1.165, 1.54) is 11.1 Å². The van der Waals surface area contributed by atoms with Gasteiger partial charge in [-0.3, -0.25) is 9.89 Å². The molecular formula is C17H28N4O. The lowest BCUT2D eigenvalue weighted by Crippen LogP contribution is -2.40. The minimum absolute atomic E-state index is 0.377. The Balaban J connectivity index is 1.81. The van der Waals surface area contributed by atoms with Crippen molar-refractivity contribution in [3.63, 3.8) is 0 Å². The fourth-order valence-corrected chi connectivity index (χ4v) is 2.43. The first-order chi connectivity index (χ1) is 10.7. The molecule has 1 fully saturated rings. The lowest BCUT2D eigenvalue weighted by atomic mass is 10.1. The molecule has 2 rings (SSSR count). The van der Waals surface area contributed by atoms with Gasteiger partial charge in [0.25, 0.3) is 0 Å².